The first-order valence-electron chi connectivity index (χ1n) is 8.80. The molecule has 1 aliphatic rings. The highest BCUT2D eigenvalue weighted by atomic mass is 16.5. The summed E-state index contributed by atoms with van der Waals surface area (Å²) in [5.74, 6) is -0.164. The minimum Gasteiger partial charge on any atom is -0.480 e. The van der Waals surface area contributed by atoms with Crippen LogP contribution in [-0.2, 0) is 20.9 Å². The van der Waals surface area contributed by atoms with Crippen LogP contribution in [0.4, 0.5) is 5.69 Å². The molecular formula is C19H24N2O4. The van der Waals surface area contributed by atoms with Crippen LogP contribution in [-0.4, -0.2) is 34.8 Å². The van der Waals surface area contributed by atoms with Gasteiger partial charge in [-0.25, -0.2) is 0 Å². The van der Waals surface area contributed by atoms with E-state index in [1.165, 1.54) is 0 Å². The molecule has 0 radical (unpaired) electrons. The van der Waals surface area contributed by atoms with Gasteiger partial charge in [0.1, 0.15) is 6.54 Å². The lowest BCUT2D eigenvalue weighted by Crippen LogP contribution is -2.17. The fourth-order valence-electron chi connectivity index (χ4n) is 3.37. The van der Waals surface area contributed by atoms with E-state index in [2.05, 4.69) is 5.32 Å². The zero-order valence-corrected chi connectivity index (χ0v) is 14.2. The molecular weight excluding hydrogens is 320 g/mol. The zero-order chi connectivity index (χ0) is 17.6. The van der Waals surface area contributed by atoms with Crippen LogP contribution in [0, 0.1) is 5.92 Å². The van der Waals surface area contributed by atoms with Crippen LogP contribution in [0.2, 0.25) is 0 Å². The quantitative estimate of drug-likeness (QED) is 0.808. The fourth-order valence-corrected chi connectivity index (χ4v) is 3.37. The Labute approximate surface area is 146 Å². The largest absolute Gasteiger partial charge is 0.480 e. The van der Waals surface area contributed by atoms with Crippen LogP contribution >= 0.6 is 0 Å². The van der Waals surface area contributed by atoms with Crippen molar-refractivity contribution in [1.82, 2.24) is 4.57 Å². The molecule has 1 aliphatic heterocycles. The number of ether oxygens (including phenoxy) is 1. The summed E-state index contributed by atoms with van der Waals surface area (Å²) >= 11 is 0. The number of carboxylic acids is 1. The molecule has 1 amide bonds. The van der Waals surface area contributed by atoms with Crippen molar-refractivity contribution >= 4 is 28.5 Å². The van der Waals surface area contributed by atoms with E-state index < -0.39 is 5.97 Å². The van der Waals surface area contributed by atoms with Gasteiger partial charge >= 0.3 is 5.97 Å². The molecule has 0 atom stereocenters. The second-order valence-electron chi connectivity index (χ2n) is 6.61. The van der Waals surface area contributed by atoms with Gasteiger partial charge in [0, 0.05) is 42.4 Å². The molecule has 1 aromatic carbocycles. The molecule has 0 spiro atoms. The highest BCUT2D eigenvalue weighted by Gasteiger charge is 2.14. The number of aromatic nitrogens is 1. The molecule has 2 aromatic rings. The summed E-state index contributed by atoms with van der Waals surface area (Å²) in [6.07, 6.45) is 6.45. The Hall–Kier alpha value is -2.34. The van der Waals surface area contributed by atoms with E-state index in [0.717, 1.165) is 55.5 Å². The smallest absolute Gasteiger partial charge is 0.323 e. The summed E-state index contributed by atoms with van der Waals surface area (Å²) in [6, 6.07) is 7.40. The molecule has 25 heavy (non-hydrogen) atoms. The first-order valence-corrected chi connectivity index (χ1v) is 8.80. The van der Waals surface area contributed by atoms with Crippen LogP contribution in [0.25, 0.3) is 10.9 Å². The number of nitrogens with zero attached hydrogens (tertiary/aromatic N) is 1. The molecule has 0 aliphatic carbocycles. The van der Waals surface area contributed by atoms with Crippen LogP contribution in [0.15, 0.2) is 30.5 Å². The van der Waals surface area contributed by atoms with Crippen molar-refractivity contribution in [2.45, 2.75) is 38.6 Å². The molecule has 1 saturated heterocycles. The fraction of sp³-hybridized carbons (Fsp3) is 0.474. The molecule has 3 rings (SSSR count). The van der Waals surface area contributed by atoms with Crippen LogP contribution in [0.5, 0.6) is 0 Å². The average molecular weight is 344 g/mol. The average Bonchev–Trinajstić information content (AvgIpc) is 2.97. The molecule has 1 aromatic heterocycles. The number of fused-ring (bicyclic) bond motifs is 1. The Balaban J connectivity index is 1.51. The molecule has 2 heterocycles. The van der Waals surface area contributed by atoms with E-state index in [1.807, 2.05) is 24.3 Å². The number of amides is 1. The van der Waals surface area contributed by atoms with Crippen molar-refractivity contribution in [3.8, 4) is 0 Å². The molecule has 134 valence electrons. The third kappa shape index (κ3) is 4.82. The highest BCUT2D eigenvalue weighted by Crippen LogP contribution is 2.22. The Bertz CT molecular complexity index is 747. The van der Waals surface area contributed by atoms with Crippen molar-refractivity contribution in [2.75, 3.05) is 18.5 Å². The zero-order valence-electron chi connectivity index (χ0n) is 14.2. The van der Waals surface area contributed by atoms with Gasteiger partial charge in [-0.05, 0) is 55.9 Å². The number of carbonyl (C=O) groups excluding carboxylic acids is 1. The Morgan fingerprint density at radius 3 is 2.80 bits per heavy atom. The summed E-state index contributed by atoms with van der Waals surface area (Å²) in [6.45, 7) is 1.62. The maximum absolute atomic E-state index is 12.1. The van der Waals surface area contributed by atoms with Gasteiger partial charge in [-0.2, -0.15) is 0 Å². The molecule has 0 unspecified atom stereocenters. The minimum atomic E-state index is -0.876. The van der Waals surface area contributed by atoms with E-state index in [0.29, 0.717) is 12.3 Å². The standard InChI is InChI=1S/C19H24N2O4/c22-18(3-1-2-14-7-10-25-11-8-14)20-16-4-5-17-15(12-16)6-9-21(17)13-19(23)24/h4-6,9,12,14H,1-3,7-8,10-11,13H2,(H,20,22)(H,23,24). The Morgan fingerprint density at radius 1 is 1.24 bits per heavy atom. The van der Waals surface area contributed by atoms with E-state index >= 15 is 0 Å². The van der Waals surface area contributed by atoms with Crippen molar-refractivity contribution in [2.24, 2.45) is 5.92 Å². The monoisotopic (exact) mass is 344 g/mol. The number of carboxylic acid groups (broad SMARTS) is 1. The van der Waals surface area contributed by atoms with Gasteiger partial charge in [-0.15, -0.1) is 0 Å². The summed E-state index contributed by atoms with van der Waals surface area (Å²) in [4.78, 5) is 23.0. The summed E-state index contributed by atoms with van der Waals surface area (Å²) in [5, 5.41) is 12.8. The predicted molar refractivity (Wildman–Crippen MR) is 95.6 cm³/mol. The SMILES string of the molecule is O=C(O)Cn1ccc2cc(NC(=O)CCCC3CCOCC3)ccc21. The van der Waals surface area contributed by atoms with Gasteiger partial charge in [0.15, 0.2) is 0 Å². The van der Waals surface area contributed by atoms with Crippen molar-refractivity contribution in [1.29, 1.82) is 0 Å². The Morgan fingerprint density at radius 2 is 2.04 bits per heavy atom. The number of hydrogen-bond acceptors (Lipinski definition) is 3. The van der Waals surface area contributed by atoms with E-state index in [4.69, 9.17) is 9.84 Å². The molecule has 6 heteroatoms. The lowest BCUT2D eigenvalue weighted by atomic mass is 9.94. The van der Waals surface area contributed by atoms with Gasteiger partial charge in [-0.1, -0.05) is 0 Å². The topological polar surface area (TPSA) is 80.6 Å². The number of anilines is 1. The lowest BCUT2D eigenvalue weighted by molar-refractivity contribution is -0.137. The highest BCUT2D eigenvalue weighted by molar-refractivity contribution is 5.94. The molecule has 2 N–H and O–H groups in total. The number of hydrogen-bond donors (Lipinski definition) is 2. The van der Waals surface area contributed by atoms with E-state index in [9.17, 15) is 9.59 Å². The van der Waals surface area contributed by atoms with E-state index in [1.54, 1.807) is 10.8 Å². The number of benzene rings is 1. The number of rotatable bonds is 7. The van der Waals surface area contributed by atoms with Gasteiger partial charge in [0.2, 0.25) is 5.91 Å². The van der Waals surface area contributed by atoms with Gasteiger partial charge in [-0.3, -0.25) is 9.59 Å². The first kappa shape index (κ1) is 17.5. The minimum absolute atomic E-state index is 0.0244. The van der Waals surface area contributed by atoms with Crippen molar-refractivity contribution in [3.63, 3.8) is 0 Å². The maximum atomic E-state index is 12.1. The Kier molecular flexibility index (Phi) is 5.71. The van der Waals surface area contributed by atoms with Gasteiger partial charge < -0.3 is 19.7 Å². The summed E-state index contributed by atoms with van der Waals surface area (Å²) < 4.78 is 7.03. The molecule has 6 nitrogen and oxygen atoms in total. The predicted octanol–water partition coefficient (Wildman–Crippen LogP) is 3.26. The molecule has 1 fully saturated rings. The number of nitrogens with one attached hydrogen (secondary N) is 1. The third-order valence-electron chi connectivity index (χ3n) is 4.72. The van der Waals surface area contributed by atoms with Crippen LogP contribution < -0.4 is 5.32 Å². The third-order valence-corrected chi connectivity index (χ3v) is 4.72. The van der Waals surface area contributed by atoms with Crippen LogP contribution in [0.3, 0.4) is 0 Å². The molecule has 0 saturated carbocycles. The second-order valence-corrected chi connectivity index (χ2v) is 6.61. The normalized spacial score (nSPS) is 15.4. The van der Waals surface area contributed by atoms with Crippen molar-refractivity contribution < 1.29 is 19.4 Å². The second kappa shape index (κ2) is 8.16. The van der Waals surface area contributed by atoms with E-state index in [-0.39, 0.29) is 12.5 Å². The summed E-state index contributed by atoms with van der Waals surface area (Å²) in [7, 11) is 0. The first-order chi connectivity index (χ1) is 12.1. The summed E-state index contributed by atoms with van der Waals surface area (Å²) in [5.41, 5.74) is 1.59. The van der Waals surface area contributed by atoms with Crippen LogP contribution in [0.1, 0.15) is 32.1 Å². The number of aliphatic carboxylic acids is 1. The van der Waals surface area contributed by atoms with Gasteiger partial charge in [0.05, 0.1) is 0 Å². The lowest BCUT2D eigenvalue weighted by Gasteiger charge is -2.21. The molecule has 0 bridgehead atoms. The van der Waals surface area contributed by atoms with Crippen molar-refractivity contribution in [3.05, 3.63) is 30.5 Å². The van der Waals surface area contributed by atoms with Gasteiger partial charge in [0.25, 0.3) is 0 Å². The maximum Gasteiger partial charge on any atom is 0.323 e. The number of carbonyl (C=O) groups is 2.